The lowest BCUT2D eigenvalue weighted by atomic mass is 9.95. The monoisotopic (exact) mass is 496 g/mol. The highest BCUT2D eigenvalue weighted by Gasteiger charge is 2.29. The summed E-state index contributed by atoms with van der Waals surface area (Å²) in [4.78, 5) is 25.5. The van der Waals surface area contributed by atoms with E-state index in [-0.39, 0.29) is 23.4 Å². The first kappa shape index (κ1) is 27.4. The Morgan fingerprint density at radius 2 is 1.75 bits per heavy atom. The minimum atomic E-state index is -0.317. The molecule has 2 aromatic rings. The van der Waals surface area contributed by atoms with E-state index < -0.39 is 0 Å². The van der Waals surface area contributed by atoms with Crippen LogP contribution in [0.3, 0.4) is 0 Å². The molecule has 0 aromatic heterocycles. The summed E-state index contributed by atoms with van der Waals surface area (Å²) in [6.45, 7) is 8.05. The van der Waals surface area contributed by atoms with E-state index in [2.05, 4.69) is 31.4 Å². The second-order valence-electron chi connectivity index (χ2n) is 9.97. The second-order valence-corrected chi connectivity index (χ2v) is 9.97. The quantitative estimate of drug-likeness (QED) is 0.452. The van der Waals surface area contributed by atoms with Gasteiger partial charge in [-0.3, -0.25) is 9.59 Å². The molecule has 36 heavy (non-hydrogen) atoms. The molecule has 1 amide bonds. The van der Waals surface area contributed by atoms with Crippen LogP contribution in [0.4, 0.5) is 5.69 Å². The zero-order chi connectivity index (χ0) is 26.4. The van der Waals surface area contributed by atoms with Crippen molar-refractivity contribution in [1.82, 2.24) is 5.32 Å². The van der Waals surface area contributed by atoms with Gasteiger partial charge in [0.25, 0.3) is 0 Å². The van der Waals surface area contributed by atoms with Gasteiger partial charge in [0.15, 0.2) is 11.5 Å². The normalized spacial score (nSPS) is 15.3. The Bertz CT molecular complexity index is 1150. The van der Waals surface area contributed by atoms with Crippen LogP contribution < -0.4 is 30.3 Å². The van der Waals surface area contributed by atoms with Crippen LogP contribution in [0.25, 0.3) is 11.1 Å². The number of carbonyl (C=O) groups is 1. The molecule has 2 atom stereocenters. The largest absolute Gasteiger partial charge is 0.493 e. The van der Waals surface area contributed by atoms with E-state index in [1.54, 1.807) is 27.4 Å². The summed E-state index contributed by atoms with van der Waals surface area (Å²) < 4.78 is 17.1. The fraction of sp³-hybridized carbons (Fsp3) is 0.517. The number of hydrogen-bond donors (Lipinski definition) is 2. The van der Waals surface area contributed by atoms with Gasteiger partial charge in [-0.15, -0.1) is 0 Å². The third-order valence-corrected chi connectivity index (χ3v) is 6.74. The van der Waals surface area contributed by atoms with E-state index in [1.807, 2.05) is 18.2 Å². The minimum absolute atomic E-state index is 0.106. The fourth-order valence-electron chi connectivity index (χ4n) is 5.00. The highest BCUT2D eigenvalue weighted by atomic mass is 16.5. The van der Waals surface area contributed by atoms with Crippen LogP contribution >= 0.6 is 0 Å². The van der Waals surface area contributed by atoms with Gasteiger partial charge in [0, 0.05) is 18.5 Å². The van der Waals surface area contributed by atoms with Crippen molar-refractivity contribution in [2.45, 2.75) is 71.9 Å². The topological polar surface area (TPSA) is 85.9 Å². The van der Waals surface area contributed by atoms with Gasteiger partial charge in [0.2, 0.25) is 17.1 Å². The molecular weight excluding hydrogens is 456 g/mol. The summed E-state index contributed by atoms with van der Waals surface area (Å²) in [6, 6.07) is 7.25. The molecule has 0 unspecified atom stereocenters. The zero-order valence-electron chi connectivity index (χ0n) is 22.6. The molecule has 7 heteroatoms. The van der Waals surface area contributed by atoms with Crippen LogP contribution in [0.15, 0.2) is 29.1 Å². The number of methoxy groups -OCH3 is 3. The molecule has 0 fully saturated rings. The first-order valence-corrected chi connectivity index (χ1v) is 12.7. The van der Waals surface area contributed by atoms with Crippen LogP contribution in [0, 0.1) is 5.92 Å². The predicted molar refractivity (Wildman–Crippen MR) is 144 cm³/mol. The lowest BCUT2D eigenvalue weighted by Gasteiger charge is -2.19. The van der Waals surface area contributed by atoms with Gasteiger partial charge in [-0.25, -0.2) is 0 Å². The van der Waals surface area contributed by atoms with Gasteiger partial charge in [-0.1, -0.05) is 32.8 Å². The van der Waals surface area contributed by atoms with Crippen LogP contribution in [-0.4, -0.2) is 33.3 Å². The molecule has 0 heterocycles. The third kappa shape index (κ3) is 6.12. The fourth-order valence-corrected chi connectivity index (χ4v) is 5.00. The summed E-state index contributed by atoms with van der Waals surface area (Å²) in [5.41, 5.74) is 3.89. The van der Waals surface area contributed by atoms with Crippen molar-refractivity contribution in [1.29, 1.82) is 0 Å². The number of ether oxygens (including phenoxy) is 3. The van der Waals surface area contributed by atoms with Gasteiger partial charge in [-0.2, -0.15) is 0 Å². The van der Waals surface area contributed by atoms with Crippen LogP contribution in [-0.2, 0) is 11.2 Å². The molecule has 2 aromatic carbocycles. The molecule has 0 saturated heterocycles. The van der Waals surface area contributed by atoms with Crippen LogP contribution in [0.5, 0.6) is 17.2 Å². The van der Waals surface area contributed by atoms with Gasteiger partial charge in [0.1, 0.15) is 0 Å². The summed E-state index contributed by atoms with van der Waals surface area (Å²) in [7, 11) is 4.77. The summed E-state index contributed by atoms with van der Waals surface area (Å²) in [5.74, 6) is 2.14. The average molecular weight is 497 g/mol. The van der Waals surface area contributed by atoms with Crippen molar-refractivity contribution < 1.29 is 19.0 Å². The molecule has 3 rings (SSSR count). The maximum atomic E-state index is 13.4. The first-order valence-electron chi connectivity index (χ1n) is 12.7. The Balaban J connectivity index is 2.17. The zero-order valence-corrected chi connectivity index (χ0v) is 22.6. The smallest absolute Gasteiger partial charge is 0.217 e. The lowest BCUT2D eigenvalue weighted by molar-refractivity contribution is -0.119. The van der Waals surface area contributed by atoms with E-state index in [4.69, 9.17) is 14.2 Å². The van der Waals surface area contributed by atoms with E-state index in [1.165, 1.54) is 6.92 Å². The summed E-state index contributed by atoms with van der Waals surface area (Å²) in [5, 5.41) is 6.46. The minimum Gasteiger partial charge on any atom is -0.493 e. The third-order valence-electron chi connectivity index (χ3n) is 6.74. The maximum absolute atomic E-state index is 13.4. The number of carbonyl (C=O) groups excluding carboxylic acids is 1. The molecule has 196 valence electrons. The number of nitrogens with one attached hydrogen (secondary N) is 2. The van der Waals surface area contributed by atoms with Crippen molar-refractivity contribution in [3.8, 4) is 28.4 Å². The van der Waals surface area contributed by atoms with Crippen LogP contribution in [0.2, 0.25) is 0 Å². The maximum Gasteiger partial charge on any atom is 0.217 e. The SMILES string of the molecule is COc1cc2c(c(OC)c1OC)-c1ccc(N[C@H](C)CCCC(C)C)c(=O)cc1[C@H](NC(C)=O)CC2. The molecule has 1 aliphatic rings. The van der Waals surface area contributed by atoms with Crippen molar-refractivity contribution in [3.05, 3.63) is 45.6 Å². The standard InChI is InChI=1S/C29H40N2O5/c1-17(2)9-8-10-18(3)30-24-14-12-21-22(16-25(24)33)23(31-19(4)32)13-11-20-15-26(34-5)28(35-6)29(36-7)27(20)21/h12,14-18,23H,8-11,13H2,1-7H3,(H,30,33)(H,31,32)/t18-,23-/m1/s1. The lowest BCUT2D eigenvalue weighted by Crippen LogP contribution is -2.26. The van der Waals surface area contributed by atoms with Crippen molar-refractivity contribution in [2.75, 3.05) is 26.6 Å². The molecule has 7 nitrogen and oxygen atoms in total. The Morgan fingerprint density at radius 1 is 1.03 bits per heavy atom. The number of benzene rings is 1. The van der Waals surface area contributed by atoms with E-state index in [9.17, 15) is 9.59 Å². The Kier molecular flexibility index (Phi) is 9.24. The van der Waals surface area contributed by atoms with Crippen LogP contribution in [0.1, 0.15) is 70.5 Å². The van der Waals surface area contributed by atoms with Gasteiger partial charge in [0.05, 0.1) is 33.1 Å². The number of aryl methyl sites for hydroxylation is 1. The number of anilines is 1. The highest BCUT2D eigenvalue weighted by molar-refractivity contribution is 5.83. The number of fused-ring (bicyclic) bond motifs is 3. The van der Waals surface area contributed by atoms with E-state index >= 15 is 0 Å². The number of amides is 1. The second kappa shape index (κ2) is 12.2. The number of rotatable bonds is 10. The number of hydrogen-bond acceptors (Lipinski definition) is 6. The van der Waals surface area contributed by atoms with Gasteiger partial charge in [-0.05, 0) is 67.0 Å². The Labute approximate surface area is 214 Å². The van der Waals surface area contributed by atoms with Crippen molar-refractivity contribution in [3.63, 3.8) is 0 Å². The molecule has 2 N–H and O–H groups in total. The van der Waals surface area contributed by atoms with E-state index in [0.717, 1.165) is 41.5 Å². The average Bonchev–Trinajstić information content (AvgIpc) is 3.06. The Hall–Kier alpha value is -3.22. The molecule has 0 spiro atoms. The first-order chi connectivity index (χ1) is 17.2. The molecule has 0 radical (unpaired) electrons. The Morgan fingerprint density at radius 3 is 2.36 bits per heavy atom. The van der Waals surface area contributed by atoms with Gasteiger partial charge >= 0.3 is 0 Å². The summed E-state index contributed by atoms with van der Waals surface area (Å²) >= 11 is 0. The van der Waals surface area contributed by atoms with Crippen molar-refractivity contribution in [2.24, 2.45) is 5.92 Å². The molecule has 0 aliphatic heterocycles. The highest BCUT2D eigenvalue weighted by Crippen LogP contribution is 2.50. The molecule has 1 aliphatic carbocycles. The summed E-state index contributed by atoms with van der Waals surface area (Å²) in [6.07, 6.45) is 4.55. The predicted octanol–water partition coefficient (Wildman–Crippen LogP) is 5.49. The van der Waals surface area contributed by atoms with Crippen molar-refractivity contribution >= 4 is 11.6 Å². The molecule has 0 saturated carbocycles. The molecular formula is C29H40N2O5. The van der Waals surface area contributed by atoms with Gasteiger partial charge < -0.3 is 24.8 Å². The molecule has 0 bridgehead atoms. The van der Waals surface area contributed by atoms with E-state index in [0.29, 0.717) is 41.7 Å².